The summed E-state index contributed by atoms with van der Waals surface area (Å²) >= 11 is 0. The number of nitrogens with one attached hydrogen (secondary N) is 2. The van der Waals surface area contributed by atoms with Crippen LogP contribution in [0, 0.1) is 11.8 Å². The zero-order valence-corrected chi connectivity index (χ0v) is 27.4. The molecule has 3 atom stereocenters. The van der Waals surface area contributed by atoms with Crippen molar-refractivity contribution in [1.29, 1.82) is 0 Å². The number of hydrogen-bond acceptors (Lipinski definition) is 8. The van der Waals surface area contributed by atoms with Gasteiger partial charge in [0.1, 0.15) is 12.6 Å². The number of aliphatic hydroxyl groups excluding tert-OH is 1. The van der Waals surface area contributed by atoms with Crippen LogP contribution >= 0.6 is 0 Å². The number of sulfonamides is 1. The molecular formula is C34H43N3O8S. The lowest BCUT2D eigenvalue weighted by Gasteiger charge is -2.32. The first kappa shape index (κ1) is 34.7. The smallest absolute Gasteiger partial charge is 0.408 e. The van der Waals surface area contributed by atoms with Crippen molar-refractivity contribution in [2.24, 2.45) is 11.8 Å². The minimum absolute atomic E-state index is 0.00506. The summed E-state index contributed by atoms with van der Waals surface area (Å²) in [6.07, 6.45) is -1.84. The summed E-state index contributed by atoms with van der Waals surface area (Å²) in [5.74, 6) is -0.120. The molecule has 1 aliphatic heterocycles. The van der Waals surface area contributed by atoms with Gasteiger partial charge in [-0.1, -0.05) is 88.4 Å². The first-order valence-corrected chi connectivity index (χ1v) is 16.8. The predicted octanol–water partition coefficient (Wildman–Crippen LogP) is 4.10. The minimum atomic E-state index is -4.07. The van der Waals surface area contributed by atoms with Crippen molar-refractivity contribution in [3.63, 3.8) is 0 Å². The molecule has 11 nitrogen and oxygen atoms in total. The lowest BCUT2D eigenvalue weighted by Crippen LogP contribution is -2.57. The van der Waals surface area contributed by atoms with Gasteiger partial charge in [0.25, 0.3) is 0 Å². The molecule has 1 aliphatic rings. The third-order valence-electron chi connectivity index (χ3n) is 7.47. The molecule has 248 valence electrons. The summed E-state index contributed by atoms with van der Waals surface area (Å²) in [6.45, 7) is 7.22. The Bertz CT molecular complexity index is 1550. The van der Waals surface area contributed by atoms with E-state index in [1.807, 2.05) is 74.5 Å². The number of benzene rings is 3. The van der Waals surface area contributed by atoms with E-state index < -0.39 is 40.2 Å². The quantitative estimate of drug-likeness (QED) is 0.223. The Morgan fingerprint density at radius 3 is 2.13 bits per heavy atom. The molecular weight excluding hydrogens is 610 g/mol. The topological polar surface area (TPSA) is 143 Å². The van der Waals surface area contributed by atoms with Gasteiger partial charge in [0.2, 0.25) is 22.7 Å². The molecule has 12 heteroatoms. The van der Waals surface area contributed by atoms with Gasteiger partial charge in [-0.3, -0.25) is 4.79 Å². The molecule has 0 fully saturated rings. The largest absolute Gasteiger partial charge is 0.454 e. The van der Waals surface area contributed by atoms with Gasteiger partial charge in [0.15, 0.2) is 11.5 Å². The standard InChI is InChI=1S/C34H43N3O8S/c1-23(2)19-37(46(41,42)27-15-16-30-31(18-27)45-22-44-30)20-29(38)28(17-25-11-7-5-8-12-25)35-33(39)32(24(3)4)36-34(40)43-21-26-13-9-6-10-14-26/h5-16,18,23-24,28-29,32,38H,17,19-22H2,1-4H3,(H,35,39)(H,36,40)/t28-,29+,32-/m0/s1. The van der Waals surface area contributed by atoms with E-state index in [-0.39, 0.29) is 49.6 Å². The molecule has 0 bridgehead atoms. The van der Waals surface area contributed by atoms with E-state index in [4.69, 9.17) is 14.2 Å². The molecule has 1 heterocycles. The van der Waals surface area contributed by atoms with Gasteiger partial charge in [-0.05, 0) is 41.5 Å². The van der Waals surface area contributed by atoms with Crippen LogP contribution in [0.5, 0.6) is 11.5 Å². The monoisotopic (exact) mass is 653 g/mol. The van der Waals surface area contributed by atoms with Crippen LogP contribution in [0.4, 0.5) is 4.79 Å². The first-order valence-electron chi connectivity index (χ1n) is 15.3. The Morgan fingerprint density at radius 1 is 0.870 bits per heavy atom. The maximum atomic E-state index is 13.9. The van der Waals surface area contributed by atoms with E-state index in [9.17, 15) is 23.1 Å². The van der Waals surface area contributed by atoms with Crippen molar-refractivity contribution in [2.45, 2.75) is 63.8 Å². The second-order valence-electron chi connectivity index (χ2n) is 12.0. The number of nitrogens with zero attached hydrogens (tertiary/aromatic N) is 1. The molecule has 2 amide bonds. The molecule has 46 heavy (non-hydrogen) atoms. The molecule has 0 saturated carbocycles. The molecule has 3 aromatic carbocycles. The average Bonchev–Trinajstić information content (AvgIpc) is 3.51. The lowest BCUT2D eigenvalue weighted by atomic mass is 9.98. The van der Waals surface area contributed by atoms with Crippen LogP contribution in [-0.4, -0.2) is 67.9 Å². The third kappa shape index (κ3) is 9.44. The Kier molecular flexibility index (Phi) is 12.0. The first-order chi connectivity index (χ1) is 21.9. The number of carbonyl (C=O) groups excluding carboxylic acids is 2. The summed E-state index contributed by atoms with van der Waals surface area (Å²) < 4.78 is 45.0. The predicted molar refractivity (Wildman–Crippen MR) is 173 cm³/mol. The highest BCUT2D eigenvalue weighted by Gasteiger charge is 2.34. The zero-order chi connectivity index (χ0) is 33.3. The van der Waals surface area contributed by atoms with Crippen LogP contribution in [0.25, 0.3) is 0 Å². The summed E-state index contributed by atoms with van der Waals surface area (Å²) in [4.78, 5) is 26.3. The van der Waals surface area contributed by atoms with Crippen molar-refractivity contribution in [2.75, 3.05) is 19.9 Å². The van der Waals surface area contributed by atoms with E-state index in [1.54, 1.807) is 19.9 Å². The van der Waals surface area contributed by atoms with Gasteiger partial charge in [-0.25, -0.2) is 13.2 Å². The summed E-state index contributed by atoms with van der Waals surface area (Å²) in [5, 5.41) is 17.1. The van der Waals surface area contributed by atoms with Gasteiger partial charge < -0.3 is 30.0 Å². The van der Waals surface area contributed by atoms with Crippen LogP contribution in [0.1, 0.15) is 38.8 Å². The Balaban J connectivity index is 1.52. The minimum Gasteiger partial charge on any atom is -0.454 e. The van der Waals surface area contributed by atoms with E-state index in [0.29, 0.717) is 11.5 Å². The molecule has 0 radical (unpaired) electrons. The number of carbonyl (C=O) groups is 2. The van der Waals surface area contributed by atoms with Crippen molar-refractivity contribution in [3.8, 4) is 11.5 Å². The number of ether oxygens (including phenoxy) is 3. The van der Waals surface area contributed by atoms with Gasteiger partial charge in [-0.2, -0.15) is 4.31 Å². The molecule has 0 spiro atoms. The number of fused-ring (bicyclic) bond motifs is 1. The summed E-state index contributed by atoms with van der Waals surface area (Å²) in [7, 11) is -4.07. The highest BCUT2D eigenvalue weighted by Crippen LogP contribution is 2.35. The highest BCUT2D eigenvalue weighted by molar-refractivity contribution is 7.89. The van der Waals surface area contributed by atoms with E-state index >= 15 is 0 Å². The van der Waals surface area contributed by atoms with Crippen molar-refractivity contribution in [1.82, 2.24) is 14.9 Å². The Morgan fingerprint density at radius 2 is 1.50 bits per heavy atom. The molecule has 3 N–H and O–H groups in total. The fraction of sp³-hybridized carbons (Fsp3) is 0.412. The number of hydrogen-bond donors (Lipinski definition) is 3. The van der Waals surface area contributed by atoms with Gasteiger partial charge >= 0.3 is 6.09 Å². The number of aliphatic hydroxyl groups is 1. The SMILES string of the molecule is CC(C)CN(C[C@@H](O)[C@H](Cc1ccccc1)NC(=O)[C@@H](NC(=O)OCc1ccccc1)C(C)C)S(=O)(=O)c1ccc2c(c1)OCO2. The van der Waals surface area contributed by atoms with Crippen molar-refractivity contribution >= 4 is 22.0 Å². The van der Waals surface area contributed by atoms with E-state index in [0.717, 1.165) is 11.1 Å². The maximum Gasteiger partial charge on any atom is 0.408 e. The third-order valence-corrected chi connectivity index (χ3v) is 9.29. The zero-order valence-electron chi connectivity index (χ0n) is 26.6. The van der Waals surface area contributed by atoms with Crippen LogP contribution in [0.2, 0.25) is 0 Å². The van der Waals surface area contributed by atoms with Crippen LogP contribution in [0.3, 0.4) is 0 Å². The fourth-order valence-electron chi connectivity index (χ4n) is 5.05. The molecule has 0 aromatic heterocycles. The molecule has 4 rings (SSSR count). The summed E-state index contributed by atoms with van der Waals surface area (Å²) in [5.41, 5.74) is 1.63. The highest BCUT2D eigenvalue weighted by atomic mass is 32.2. The summed E-state index contributed by atoms with van der Waals surface area (Å²) in [6, 6.07) is 21.0. The van der Waals surface area contributed by atoms with E-state index in [2.05, 4.69) is 10.6 Å². The average molecular weight is 654 g/mol. The van der Waals surface area contributed by atoms with Crippen LogP contribution in [0.15, 0.2) is 83.8 Å². The van der Waals surface area contributed by atoms with Gasteiger partial charge in [-0.15, -0.1) is 0 Å². The lowest BCUT2D eigenvalue weighted by molar-refractivity contribution is -0.125. The Labute approximate surface area is 270 Å². The van der Waals surface area contributed by atoms with Crippen LogP contribution < -0.4 is 20.1 Å². The maximum absolute atomic E-state index is 13.9. The van der Waals surface area contributed by atoms with Gasteiger partial charge in [0, 0.05) is 19.2 Å². The fourth-order valence-corrected chi connectivity index (χ4v) is 6.69. The molecule has 0 saturated heterocycles. The normalized spacial score (nSPS) is 14.6. The van der Waals surface area contributed by atoms with E-state index in [1.165, 1.54) is 16.4 Å². The number of amides is 2. The molecule has 0 aliphatic carbocycles. The second kappa shape index (κ2) is 15.9. The second-order valence-corrected chi connectivity index (χ2v) is 14.0. The Hall–Kier alpha value is -4.13. The molecule has 0 unspecified atom stereocenters. The number of alkyl carbamates (subject to hydrolysis) is 1. The molecule has 3 aromatic rings. The van der Waals surface area contributed by atoms with Crippen molar-refractivity contribution < 1.29 is 37.3 Å². The van der Waals surface area contributed by atoms with Gasteiger partial charge in [0.05, 0.1) is 17.0 Å². The van der Waals surface area contributed by atoms with Crippen molar-refractivity contribution in [3.05, 3.63) is 90.0 Å². The number of rotatable bonds is 15. The van der Waals surface area contributed by atoms with Crippen LogP contribution in [-0.2, 0) is 32.6 Å².